The van der Waals surface area contributed by atoms with E-state index in [-0.39, 0.29) is 5.54 Å². The summed E-state index contributed by atoms with van der Waals surface area (Å²) in [4.78, 5) is 13.8. The van der Waals surface area contributed by atoms with Crippen LogP contribution in [0.3, 0.4) is 0 Å². The van der Waals surface area contributed by atoms with E-state index in [9.17, 15) is 5.11 Å². The molecule has 2 aromatic rings. The molecule has 0 bridgehead atoms. The van der Waals surface area contributed by atoms with Gasteiger partial charge in [-0.1, -0.05) is 11.8 Å². The van der Waals surface area contributed by atoms with Crippen LogP contribution in [0.5, 0.6) is 0 Å². The van der Waals surface area contributed by atoms with Crippen molar-refractivity contribution in [2.75, 3.05) is 31.1 Å². The van der Waals surface area contributed by atoms with Crippen molar-refractivity contribution in [1.29, 1.82) is 0 Å². The van der Waals surface area contributed by atoms with E-state index in [0.717, 1.165) is 73.9 Å². The quantitative estimate of drug-likeness (QED) is 0.721. The van der Waals surface area contributed by atoms with Gasteiger partial charge in [0.05, 0.1) is 6.20 Å². The molecule has 0 amide bonds. The molecule has 0 aromatic carbocycles. The first-order chi connectivity index (χ1) is 12.9. The van der Waals surface area contributed by atoms with Gasteiger partial charge in [0.2, 0.25) is 0 Å². The Morgan fingerprint density at radius 1 is 1.37 bits per heavy atom. The lowest BCUT2D eigenvalue weighted by atomic mass is 9.91. The van der Waals surface area contributed by atoms with Crippen LogP contribution in [0, 0.1) is 0 Å². The number of hydrogen-bond donors (Lipinski definition) is 3. The smallest absolute Gasteiger partial charge is 0.177 e. The molecule has 9 heteroatoms. The minimum Gasteiger partial charge on any atom is -0.379 e. The predicted octanol–water partition coefficient (Wildman–Crippen LogP) is 1.57. The third kappa shape index (κ3) is 4.21. The van der Waals surface area contributed by atoms with Crippen molar-refractivity contribution in [3.05, 3.63) is 6.20 Å². The second-order valence-electron chi connectivity index (χ2n) is 8.10. The minimum atomic E-state index is -0.397. The molecule has 4 rings (SSSR count). The summed E-state index contributed by atoms with van der Waals surface area (Å²) in [5, 5.41) is 18.7. The molecule has 0 spiro atoms. The van der Waals surface area contributed by atoms with Gasteiger partial charge in [-0.3, -0.25) is 10.00 Å². The number of H-pyrrole nitrogens is 1. The summed E-state index contributed by atoms with van der Waals surface area (Å²) in [5.41, 5.74) is 7.72. The Morgan fingerprint density at radius 3 is 2.89 bits per heavy atom. The van der Waals surface area contributed by atoms with E-state index >= 15 is 0 Å². The maximum Gasteiger partial charge on any atom is 0.177 e. The fourth-order valence-electron chi connectivity index (χ4n) is 3.81. The molecule has 0 saturated carbocycles. The molecule has 148 valence electrons. The molecule has 4 N–H and O–H groups in total. The Bertz CT molecular complexity index is 783. The highest BCUT2D eigenvalue weighted by Crippen LogP contribution is 2.32. The monoisotopic (exact) mass is 391 g/mol. The average Bonchev–Trinajstić information content (AvgIpc) is 3.04. The van der Waals surface area contributed by atoms with Gasteiger partial charge in [-0.15, -0.1) is 0 Å². The molecule has 2 atom stereocenters. The standard InChI is InChI=1S/C18H29N7OS/c1-12(26)25-7-3-4-13(11-25)27-17-15-16(22-23-17)21-14(10-20-15)24-8-5-18(2,19)6-9-24/h10,12-13,26H,3-9,11,19H2,1-2H3,(H,21,22,23). The van der Waals surface area contributed by atoms with E-state index in [1.807, 2.05) is 13.1 Å². The number of aromatic nitrogens is 4. The number of anilines is 1. The summed E-state index contributed by atoms with van der Waals surface area (Å²) in [6.45, 7) is 7.57. The molecule has 2 aliphatic rings. The summed E-state index contributed by atoms with van der Waals surface area (Å²) < 4.78 is 0. The van der Waals surface area contributed by atoms with E-state index in [1.165, 1.54) is 0 Å². The topological polar surface area (TPSA) is 107 Å². The Hall–Kier alpha value is -1.42. The fourth-order valence-corrected chi connectivity index (χ4v) is 5.04. The van der Waals surface area contributed by atoms with Crippen LogP contribution in [0.15, 0.2) is 11.2 Å². The first kappa shape index (κ1) is 18.9. The summed E-state index contributed by atoms with van der Waals surface area (Å²) >= 11 is 1.74. The van der Waals surface area contributed by atoms with E-state index in [1.54, 1.807) is 11.8 Å². The Labute approximate surface area is 163 Å². The number of nitrogens with one attached hydrogen (secondary N) is 1. The highest BCUT2D eigenvalue weighted by Gasteiger charge is 2.28. The number of nitrogens with two attached hydrogens (primary N) is 1. The molecule has 8 nitrogen and oxygen atoms in total. The van der Waals surface area contributed by atoms with E-state index in [0.29, 0.717) is 5.25 Å². The van der Waals surface area contributed by atoms with Crippen molar-refractivity contribution in [2.45, 2.75) is 61.6 Å². The number of nitrogens with zero attached hydrogens (tertiary/aromatic N) is 5. The highest BCUT2D eigenvalue weighted by molar-refractivity contribution is 8.00. The summed E-state index contributed by atoms with van der Waals surface area (Å²) in [6, 6.07) is 0. The summed E-state index contributed by atoms with van der Waals surface area (Å²) in [6.07, 6.45) is 5.59. The van der Waals surface area contributed by atoms with Crippen LogP contribution in [0.2, 0.25) is 0 Å². The van der Waals surface area contributed by atoms with Crippen molar-refractivity contribution in [3.8, 4) is 0 Å². The van der Waals surface area contributed by atoms with Crippen LogP contribution in [0.1, 0.15) is 39.5 Å². The summed E-state index contributed by atoms with van der Waals surface area (Å²) in [5.74, 6) is 0.885. The van der Waals surface area contributed by atoms with E-state index in [2.05, 4.69) is 31.9 Å². The number of piperidine rings is 2. The number of aromatic amines is 1. The van der Waals surface area contributed by atoms with Crippen molar-refractivity contribution >= 4 is 28.7 Å². The SMILES string of the molecule is CC(O)N1CCCC(Sc2n[nH]c3nc(N4CCC(C)(N)CC4)cnc23)C1. The first-order valence-electron chi connectivity index (χ1n) is 9.75. The molecule has 2 fully saturated rings. The Morgan fingerprint density at radius 2 is 2.15 bits per heavy atom. The number of hydrogen-bond acceptors (Lipinski definition) is 8. The van der Waals surface area contributed by atoms with Crippen LogP contribution in [0.25, 0.3) is 11.2 Å². The summed E-state index contributed by atoms with van der Waals surface area (Å²) in [7, 11) is 0. The Balaban J connectivity index is 1.46. The number of likely N-dealkylation sites (tertiary alicyclic amines) is 1. The third-order valence-electron chi connectivity index (χ3n) is 5.67. The number of thioether (sulfide) groups is 1. The van der Waals surface area contributed by atoms with Crippen molar-refractivity contribution in [1.82, 2.24) is 25.1 Å². The first-order valence-corrected chi connectivity index (χ1v) is 10.6. The molecule has 0 radical (unpaired) electrons. The number of aliphatic hydroxyl groups is 1. The lowest BCUT2D eigenvalue weighted by Gasteiger charge is -2.37. The third-order valence-corrected chi connectivity index (χ3v) is 6.90. The second-order valence-corrected chi connectivity index (χ2v) is 9.39. The van der Waals surface area contributed by atoms with Gasteiger partial charge in [-0.05, 0) is 39.5 Å². The van der Waals surface area contributed by atoms with Gasteiger partial charge in [0, 0.05) is 37.0 Å². The van der Waals surface area contributed by atoms with Gasteiger partial charge >= 0.3 is 0 Å². The van der Waals surface area contributed by atoms with E-state index in [4.69, 9.17) is 10.7 Å². The van der Waals surface area contributed by atoms with Crippen molar-refractivity contribution in [3.63, 3.8) is 0 Å². The van der Waals surface area contributed by atoms with Crippen LogP contribution >= 0.6 is 11.8 Å². The Kier molecular flexibility index (Phi) is 5.28. The molecule has 2 aromatic heterocycles. The largest absolute Gasteiger partial charge is 0.379 e. The molecule has 2 saturated heterocycles. The molecule has 0 aliphatic carbocycles. The predicted molar refractivity (Wildman–Crippen MR) is 108 cm³/mol. The van der Waals surface area contributed by atoms with E-state index < -0.39 is 6.23 Å². The highest BCUT2D eigenvalue weighted by atomic mass is 32.2. The van der Waals surface area contributed by atoms with Gasteiger partial charge in [0.25, 0.3) is 0 Å². The van der Waals surface area contributed by atoms with Crippen LogP contribution in [-0.2, 0) is 0 Å². The van der Waals surface area contributed by atoms with Gasteiger partial charge in [-0.2, -0.15) is 5.10 Å². The zero-order valence-electron chi connectivity index (χ0n) is 16.1. The lowest BCUT2D eigenvalue weighted by Crippen LogP contribution is -2.48. The fraction of sp³-hybridized carbons (Fsp3) is 0.722. The van der Waals surface area contributed by atoms with Crippen molar-refractivity contribution < 1.29 is 5.11 Å². The molecule has 27 heavy (non-hydrogen) atoms. The maximum atomic E-state index is 9.84. The molecule has 2 aliphatic heterocycles. The van der Waals surface area contributed by atoms with Crippen LogP contribution in [0.4, 0.5) is 5.82 Å². The van der Waals surface area contributed by atoms with Gasteiger partial charge in [0.1, 0.15) is 22.6 Å². The number of fused-ring (bicyclic) bond motifs is 1. The van der Waals surface area contributed by atoms with Gasteiger partial charge < -0.3 is 15.7 Å². The minimum absolute atomic E-state index is 0.0776. The van der Waals surface area contributed by atoms with Gasteiger partial charge in [-0.25, -0.2) is 9.97 Å². The maximum absolute atomic E-state index is 9.84. The van der Waals surface area contributed by atoms with Crippen LogP contribution in [-0.4, -0.2) is 73.4 Å². The molecule has 2 unspecified atom stereocenters. The normalized spacial score (nSPS) is 25.0. The lowest BCUT2D eigenvalue weighted by molar-refractivity contribution is 0.00827. The average molecular weight is 392 g/mol. The molecular formula is C18H29N7OS. The number of rotatable bonds is 4. The molecule has 4 heterocycles. The van der Waals surface area contributed by atoms with Crippen molar-refractivity contribution in [2.24, 2.45) is 5.73 Å². The molecular weight excluding hydrogens is 362 g/mol. The zero-order chi connectivity index (χ0) is 19.0. The van der Waals surface area contributed by atoms with Crippen LogP contribution < -0.4 is 10.6 Å². The number of aliphatic hydroxyl groups excluding tert-OH is 1. The zero-order valence-corrected chi connectivity index (χ0v) is 16.9. The second kappa shape index (κ2) is 7.54. The van der Waals surface area contributed by atoms with Gasteiger partial charge in [0.15, 0.2) is 5.65 Å².